The highest BCUT2D eigenvalue weighted by molar-refractivity contribution is 5.92. The molecule has 0 radical (unpaired) electrons. The van der Waals surface area contributed by atoms with Gasteiger partial charge in [-0.25, -0.2) is 9.59 Å². The van der Waals surface area contributed by atoms with E-state index in [0.717, 1.165) is 38.5 Å². The summed E-state index contributed by atoms with van der Waals surface area (Å²) in [6, 6.07) is 16.5. The zero-order valence-corrected chi connectivity index (χ0v) is 34.1. The number of hydrogen-bond acceptors (Lipinski definition) is 9. The number of carboxylic acid groups (broad SMARTS) is 2. The van der Waals surface area contributed by atoms with E-state index in [-0.39, 0.29) is 49.9 Å². The molecule has 3 amide bonds. The highest BCUT2D eigenvalue weighted by Gasteiger charge is 2.29. The summed E-state index contributed by atoms with van der Waals surface area (Å²) in [5, 5.41) is 38.1. The number of para-hydroxylation sites is 2. The van der Waals surface area contributed by atoms with Crippen molar-refractivity contribution in [3.05, 3.63) is 102 Å². The molecule has 2 aromatic heterocycles. The first-order valence-electron chi connectivity index (χ1n) is 19.8. The highest BCUT2D eigenvalue weighted by atomic mass is 16.4. The van der Waals surface area contributed by atoms with Crippen LogP contribution in [-0.2, 0) is 43.2 Å². The molecule has 0 saturated heterocycles. The molecule has 18 nitrogen and oxygen atoms in total. The van der Waals surface area contributed by atoms with Crippen LogP contribution in [0.15, 0.2) is 90.2 Å². The Bertz CT molecular complexity index is 2280. The van der Waals surface area contributed by atoms with Crippen molar-refractivity contribution in [3.63, 3.8) is 0 Å². The van der Waals surface area contributed by atoms with Crippen molar-refractivity contribution in [2.75, 3.05) is 6.54 Å². The summed E-state index contributed by atoms with van der Waals surface area (Å²) < 4.78 is 0. The number of fused-ring (bicyclic) bond motifs is 2. The molecule has 0 aliphatic rings. The fraction of sp³-hybridized carbons (Fsp3) is 0.349. The van der Waals surface area contributed by atoms with Crippen molar-refractivity contribution in [3.8, 4) is 5.75 Å². The molecular formula is C43H56N10O8. The molecule has 0 aliphatic carbocycles. The molecule has 18 heteroatoms. The van der Waals surface area contributed by atoms with Gasteiger partial charge in [-0.15, -0.1) is 0 Å². The van der Waals surface area contributed by atoms with Crippen molar-refractivity contribution in [1.82, 2.24) is 25.9 Å². The number of aromatic nitrogens is 2. The second kappa shape index (κ2) is 22.5. The number of amides is 3. The minimum atomic E-state index is -1.19. The number of aromatic amines is 2. The molecule has 0 saturated carbocycles. The van der Waals surface area contributed by atoms with Gasteiger partial charge in [0.15, 0.2) is 5.96 Å². The van der Waals surface area contributed by atoms with Gasteiger partial charge in [0.2, 0.25) is 17.7 Å². The molecule has 3 aromatic carbocycles. The lowest BCUT2D eigenvalue weighted by Gasteiger charge is -2.23. The maximum Gasteiger partial charge on any atom is 0.326 e. The van der Waals surface area contributed by atoms with Gasteiger partial charge in [-0.2, -0.15) is 0 Å². The van der Waals surface area contributed by atoms with Crippen molar-refractivity contribution in [1.29, 1.82) is 0 Å². The number of nitrogens with zero attached hydrogens (tertiary/aromatic N) is 1. The average Bonchev–Trinajstić information content (AvgIpc) is 3.82. The first-order chi connectivity index (χ1) is 29.0. The summed E-state index contributed by atoms with van der Waals surface area (Å²) in [7, 11) is 0. The number of carbonyl (C=O) groups excluding carboxylic acids is 3. The Labute approximate surface area is 352 Å². The van der Waals surface area contributed by atoms with E-state index in [9.17, 15) is 39.3 Å². The molecule has 2 heterocycles. The lowest BCUT2D eigenvalue weighted by molar-refractivity contribution is -0.142. The third-order valence-corrected chi connectivity index (χ3v) is 9.80. The zero-order valence-electron chi connectivity index (χ0n) is 34.1. The first kappa shape index (κ1) is 46.8. The summed E-state index contributed by atoms with van der Waals surface area (Å²) in [6.45, 7) is 4.14. The Balaban J connectivity index is 0.000000275. The predicted octanol–water partition coefficient (Wildman–Crippen LogP) is 1.75. The fourth-order valence-corrected chi connectivity index (χ4v) is 6.64. The van der Waals surface area contributed by atoms with Crippen LogP contribution in [0.4, 0.5) is 0 Å². The molecule has 16 N–H and O–H groups in total. The topological polar surface area (TPSA) is 330 Å². The van der Waals surface area contributed by atoms with Crippen molar-refractivity contribution < 1.29 is 39.3 Å². The first-order valence-corrected chi connectivity index (χ1v) is 19.8. The van der Waals surface area contributed by atoms with Crippen LogP contribution in [0.5, 0.6) is 5.75 Å². The van der Waals surface area contributed by atoms with Gasteiger partial charge < -0.3 is 64.2 Å². The number of phenols is 1. The summed E-state index contributed by atoms with van der Waals surface area (Å²) in [6.07, 6.45) is 5.01. The van der Waals surface area contributed by atoms with Crippen molar-refractivity contribution >= 4 is 57.4 Å². The van der Waals surface area contributed by atoms with Crippen LogP contribution in [0.25, 0.3) is 21.8 Å². The van der Waals surface area contributed by atoms with Crippen LogP contribution in [0.1, 0.15) is 49.8 Å². The number of aromatic hydroxyl groups is 1. The van der Waals surface area contributed by atoms with E-state index in [4.69, 9.17) is 22.9 Å². The number of aliphatic imine (C=N–C) groups is 1. The fourth-order valence-electron chi connectivity index (χ4n) is 6.64. The smallest absolute Gasteiger partial charge is 0.326 e. The molecule has 5 aromatic rings. The molecule has 326 valence electrons. The second-order valence-electron chi connectivity index (χ2n) is 15.1. The predicted molar refractivity (Wildman–Crippen MR) is 232 cm³/mol. The number of benzene rings is 3. The van der Waals surface area contributed by atoms with E-state index >= 15 is 0 Å². The summed E-state index contributed by atoms with van der Waals surface area (Å²) in [5.41, 5.74) is 26.7. The number of guanidine groups is 1. The number of hydrogen-bond donors (Lipinski definition) is 12. The van der Waals surface area contributed by atoms with Gasteiger partial charge in [0.25, 0.3) is 0 Å². The van der Waals surface area contributed by atoms with Crippen molar-refractivity contribution in [2.45, 2.75) is 82.6 Å². The normalized spacial score (nSPS) is 13.5. The molecule has 0 aliphatic heterocycles. The molecular weight excluding hydrogens is 785 g/mol. The van der Waals surface area contributed by atoms with Gasteiger partial charge in [-0.3, -0.25) is 19.4 Å². The third kappa shape index (κ3) is 14.4. The van der Waals surface area contributed by atoms with Gasteiger partial charge in [-0.1, -0.05) is 62.4 Å². The van der Waals surface area contributed by atoms with Gasteiger partial charge in [0, 0.05) is 53.6 Å². The largest absolute Gasteiger partial charge is 0.508 e. The third-order valence-electron chi connectivity index (χ3n) is 9.80. The molecule has 61 heavy (non-hydrogen) atoms. The van der Waals surface area contributed by atoms with E-state index < -0.39 is 59.9 Å². The quantitative estimate of drug-likeness (QED) is 0.0303. The number of carbonyl (C=O) groups is 5. The number of phenolic OH excluding ortho intramolecular Hbond substituents is 1. The van der Waals surface area contributed by atoms with Crippen LogP contribution < -0.4 is 38.9 Å². The van der Waals surface area contributed by atoms with Gasteiger partial charge >= 0.3 is 11.9 Å². The maximum atomic E-state index is 13.0. The maximum absolute atomic E-state index is 13.0. The van der Waals surface area contributed by atoms with Crippen LogP contribution in [0.2, 0.25) is 0 Å². The Morgan fingerprint density at radius 2 is 1.13 bits per heavy atom. The number of aliphatic carboxylic acids is 2. The monoisotopic (exact) mass is 840 g/mol. The summed E-state index contributed by atoms with van der Waals surface area (Å²) in [5.74, 6) is -3.67. The average molecular weight is 841 g/mol. The number of rotatable bonds is 20. The highest BCUT2D eigenvalue weighted by Crippen LogP contribution is 2.21. The number of carboxylic acids is 2. The second-order valence-corrected chi connectivity index (χ2v) is 15.1. The Hall–Kier alpha value is -6.92. The zero-order chi connectivity index (χ0) is 44.6. The number of H-pyrrole nitrogens is 2. The van der Waals surface area contributed by atoms with E-state index in [0.29, 0.717) is 12.8 Å². The number of nitrogens with two attached hydrogens (primary N) is 4. The van der Waals surface area contributed by atoms with E-state index in [1.807, 2.05) is 62.4 Å². The van der Waals surface area contributed by atoms with Crippen LogP contribution >= 0.6 is 0 Å². The minimum absolute atomic E-state index is 0.0753. The van der Waals surface area contributed by atoms with E-state index in [1.165, 1.54) is 12.1 Å². The van der Waals surface area contributed by atoms with Crippen LogP contribution in [-0.4, -0.2) is 97.7 Å². The Morgan fingerprint density at radius 3 is 1.62 bits per heavy atom. The Kier molecular flexibility index (Phi) is 17.2. The standard InChI is InChI=1S/C23H35N7O4.C20H21N3O4/c1-13(2)10-16(24)20(31)29-18(8-5-9-27-23(25)26)21(32)30-19(22(33)34)11-14-12-28-17-7-4-3-6-15(14)17;21-16(9-12-5-7-14(24)8-6-12)19(25)23-18(20(26)27)10-13-11-22-17-4-2-1-3-15(13)17/h3-4,6-7,12-13,16,18-19,28H,5,8-11,24H2,1-2H3,(H,29,31)(H,30,32)(H,33,34)(H4,25,26,27);1-8,11,16,18,22,24H,9-10,21H2,(H,23,25)(H,26,27)/t16-,18-,19-;16-,18-/m00/s1. The molecule has 5 rings (SSSR count). The van der Waals surface area contributed by atoms with Gasteiger partial charge in [-0.05, 0) is 72.6 Å². The van der Waals surface area contributed by atoms with Gasteiger partial charge in [0.05, 0.1) is 12.1 Å². The lowest BCUT2D eigenvalue weighted by Crippen LogP contribution is -2.55. The van der Waals surface area contributed by atoms with Crippen LogP contribution in [0, 0.1) is 5.92 Å². The lowest BCUT2D eigenvalue weighted by atomic mass is 10.0. The summed E-state index contributed by atoms with van der Waals surface area (Å²) in [4.78, 5) is 71.6. The Morgan fingerprint density at radius 1 is 0.656 bits per heavy atom. The molecule has 0 spiro atoms. The number of nitrogens with one attached hydrogen (secondary N) is 5. The van der Waals surface area contributed by atoms with Crippen LogP contribution in [0.3, 0.4) is 0 Å². The summed E-state index contributed by atoms with van der Waals surface area (Å²) >= 11 is 0. The van der Waals surface area contributed by atoms with E-state index in [1.54, 1.807) is 24.5 Å². The molecule has 0 fully saturated rings. The molecule has 0 bridgehead atoms. The molecule has 0 unspecified atom stereocenters. The van der Waals surface area contributed by atoms with Crippen molar-refractivity contribution in [2.24, 2.45) is 33.8 Å². The van der Waals surface area contributed by atoms with Gasteiger partial charge in [0.1, 0.15) is 23.9 Å². The minimum Gasteiger partial charge on any atom is -0.508 e. The van der Waals surface area contributed by atoms with E-state index in [2.05, 4.69) is 30.9 Å². The molecule has 5 atom stereocenters. The SMILES string of the molecule is CC(C)C[C@H](N)C(=O)N[C@@H](CCCN=C(N)N)C(=O)N[C@@H](Cc1c[nH]c2ccccc12)C(=O)O.N[C@@H](Cc1ccc(O)cc1)C(=O)N[C@@H](Cc1c[nH]c2ccccc12)C(=O)O.